The third kappa shape index (κ3) is 1.67. The van der Waals surface area contributed by atoms with Gasteiger partial charge >= 0.3 is 0 Å². The number of rotatable bonds is 2. The van der Waals surface area contributed by atoms with Crippen LogP contribution in [0.5, 0.6) is 5.75 Å². The Kier molecular flexibility index (Phi) is 2.65. The summed E-state index contributed by atoms with van der Waals surface area (Å²) in [4.78, 5) is 0. The maximum Gasteiger partial charge on any atom is 0.145 e. The first-order valence-electron chi connectivity index (χ1n) is 3.63. The molecule has 0 radical (unpaired) electrons. The first-order valence-corrected chi connectivity index (χ1v) is 3.63. The Morgan fingerprint density at radius 3 is 2.77 bits per heavy atom. The normalized spacial score (nSPS) is 9.00. The fourth-order valence-electron chi connectivity index (χ4n) is 0.989. The van der Waals surface area contributed by atoms with E-state index in [0.29, 0.717) is 5.56 Å². The molecule has 0 atom stereocenters. The summed E-state index contributed by atoms with van der Waals surface area (Å²) in [6.45, 7) is 3.50. The summed E-state index contributed by atoms with van der Waals surface area (Å²) in [5, 5.41) is 8.60. The molecule has 0 spiro atoms. The second kappa shape index (κ2) is 3.72. The van der Waals surface area contributed by atoms with E-state index >= 15 is 0 Å². The molecule has 1 aromatic carbocycles. The van der Waals surface area contributed by atoms with Crippen molar-refractivity contribution in [3.8, 4) is 11.8 Å². The van der Waals surface area contributed by atoms with E-state index in [2.05, 4.69) is 6.58 Å². The summed E-state index contributed by atoms with van der Waals surface area (Å²) in [5.41, 5.74) is 0.515. The van der Waals surface area contributed by atoms with Crippen LogP contribution < -0.4 is 4.74 Å². The van der Waals surface area contributed by atoms with Gasteiger partial charge in [0.15, 0.2) is 0 Å². The zero-order valence-corrected chi connectivity index (χ0v) is 7.17. The molecule has 0 fully saturated rings. The minimum Gasteiger partial charge on any atom is -0.495 e. The van der Waals surface area contributed by atoms with Gasteiger partial charge in [-0.3, -0.25) is 0 Å². The van der Waals surface area contributed by atoms with Crippen LogP contribution in [-0.2, 0) is 0 Å². The number of methoxy groups -OCH3 is 1. The van der Waals surface area contributed by atoms with Crippen LogP contribution in [-0.4, -0.2) is 7.11 Å². The van der Waals surface area contributed by atoms with Gasteiger partial charge in [-0.2, -0.15) is 5.26 Å². The molecule has 1 rings (SSSR count). The molecule has 0 aliphatic heterocycles. The van der Waals surface area contributed by atoms with Gasteiger partial charge in [0.05, 0.1) is 7.11 Å². The Labute approximate surface area is 75.9 Å². The molecule has 0 amide bonds. The predicted octanol–water partition coefficient (Wildman–Crippen LogP) is 2.35. The van der Waals surface area contributed by atoms with E-state index in [1.54, 1.807) is 12.1 Å². The van der Waals surface area contributed by atoms with Crippen molar-refractivity contribution in [2.75, 3.05) is 7.11 Å². The van der Waals surface area contributed by atoms with Crippen LogP contribution in [0.3, 0.4) is 0 Å². The van der Waals surface area contributed by atoms with Crippen molar-refractivity contribution < 1.29 is 9.13 Å². The van der Waals surface area contributed by atoms with Gasteiger partial charge in [0.2, 0.25) is 0 Å². The van der Waals surface area contributed by atoms with Gasteiger partial charge < -0.3 is 4.74 Å². The fraction of sp³-hybridized carbons (Fsp3) is 0.100. The number of hydrogen-bond acceptors (Lipinski definition) is 2. The van der Waals surface area contributed by atoms with Gasteiger partial charge in [-0.1, -0.05) is 12.7 Å². The number of nitrogens with zero attached hydrogens (tertiary/aromatic N) is 1. The smallest absolute Gasteiger partial charge is 0.145 e. The molecule has 3 heteroatoms. The molecule has 0 aliphatic carbocycles. The predicted molar refractivity (Wildman–Crippen MR) is 47.8 cm³/mol. The minimum absolute atomic E-state index is 0.0758. The van der Waals surface area contributed by atoms with Gasteiger partial charge in [0, 0.05) is 0 Å². The van der Waals surface area contributed by atoms with E-state index in [9.17, 15) is 4.39 Å². The first-order chi connectivity index (χ1) is 6.22. The average molecular weight is 177 g/mol. The molecule has 0 bridgehead atoms. The molecule has 13 heavy (non-hydrogen) atoms. The van der Waals surface area contributed by atoms with E-state index in [4.69, 9.17) is 10.00 Å². The Morgan fingerprint density at radius 1 is 1.62 bits per heavy atom. The Hall–Kier alpha value is -1.82. The van der Waals surface area contributed by atoms with Crippen molar-refractivity contribution in [3.63, 3.8) is 0 Å². The highest BCUT2D eigenvalue weighted by atomic mass is 19.1. The maximum absolute atomic E-state index is 13.1. The van der Waals surface area contributed by atoms with Crippen LogP contribution in [0.1, 0.15) is 11.1 Å². The van der Waals surface area contributed by atoms with Crippen molar-refractivity contribution in [2.24, 2.45) is 0 Å². The van der Waals surface area contributed by atoms with Gasteiger partial charge in [-0.15, -0.1) is 0 Å². The highest BCUT2D eigenvalue weighted by molar-refractivity contribution is 5.55. The summed E-state index contributed by atoms with van der Waals surface area (Å²) in [6.07, 6.45) is 1.49. The molecule has 0 saturated heterocycles. The third-order valence-electron chi connectivity index (χ3n) is 1.64. The molecule has 2 nitrogen and oxygen atoms in total. The minimum atomic E-state index is -0.586. The van der Waals surface area contributed by atoms with Crippen LogP contribution >= 0.6 is 0 Å². The first kappa shape index (κ1) is 9.27. The molecule has 0 heterocycles. The van der Waals surface area contributed by atoms with Crippen LogP contribution in [0, 0.1) is 17.1 Å². The SMILES string of the molecule is C=Cc1cc(F)c(C#N)c(OC)c1. The maximum atomic E-state index is 13.1. The number of halogens is 1. The molecule has 0 aliphatic rings. The van der Waals surface area contributed by atoms with E-state index in [1.165, 1.54) is 19.3 Å². The fourth-order valence-corrected chi connectivity index (χ4v) is 0.989. The topological polar surface area (TPSA) is 33.0 Å². The number of benzene rings is 1. The molecule has 0 N–H and O–H groups in total. The quantitative estimate of drug-likeness (QED) is 0.694. The van der Waals surface area contributed by atoms with E-state index in [0.717, 1.165) is 0 Å². The summed E-state index contributed by atoms with van der Waals surface area (Å²) >= 11 is 0. The van der Waals surface area contributed by atoms with Crippen LogP contribution in [0.25, 0.3) is 6.08 Å². The second-order valence-electron chi connectivity index (χ2n) is 2.40. The molecular formula is C10H8FNO. The van der Waals surface area contributed by atoms with Crippen molar-refractivity contribution in [3.05, 3.63) is 35.7 Å². The lowest BCUT2D eigenvalue weighted by Gasteiger charge is -2.04. The second-order valence-corrected chi connectivity index (χ2v) is 2.40. The lowest BCUT2D eigenvalue weighted by Crippen LogP contribution is -1.92. The summed E-state index contributed by atoms with van der Waals surface area (Å²) < 4.78 is 18.0. The van der Waals surface area contributed by atoms with E-state index < -0.39 is 5.82 Å². The Bertz CT molecular complexity index is 379. The lowest BCUT2D eigenvalue weighted by molar-refractivity contribution is 0.409. The van der Waals surface area contributed by atoms with Gasteiger partial charge in [0.1, 0.15) is 23.2 Å². The summed E-state index contributed by atoms with van der Waals surface area (Å²) in [7, 11) is 1.39. The van der Waals surface area contributed by atoms with E-state index in [1.807, 2.05) is 0 Å². The number of nitriles is 1. The zero-order valence-electron chi connectivity index (χ0n) is 7.17. The van der Waals surface area contributed by atoms with Gasteiger partial charge in [-0.05, 0) is 17.7 Å². The van der Waals surface area contributed by atoms with Crippen molar-refractivity contribution in [1.29, 1.82) is 5.26 Å². The van der Waals surface area contributed by atoms with Crippen LogP contribution in [0.4, 0.5) is 4.39 Å². The highest BCUT2D eigenvalue weighted by Crippen LogP contribution is 2.23. The van der Waals surface area contributed by atoms with Crippen LogP contribution in [0.2, 0.25) is 0 Å². The monoisotopic (exact) mass is 177 g/mol. The van der Waals surface area contributed by atoms with Gasteiger partial charge in [0.25, 0.3) is 0 Å². The molecular weight excluding hydrogens is 169 g/mol. The lowest BCUT2D eigenvalue weighted by atomic mass is 10.1. The van der Waals surface area contributed by atoms with Crippen LogP contribution in [0.15, 0.2) is 18.7 Å². The van der Waals surface area contributed by atoms with Crippen molar-refractivity contribution >= 4 is 6.08 Å². The molecule has 0 aromatic heterocycles. The number of ether oxygens (including phenoxy) is 1. The molecule has 66 valence electrons. The Balaban J connectivity index is 3.39. The Morgan fingerprint density at radius 2 is 2.31 bits per heavy atom. The van der Waals surface area contributed by atoms with Crippen molar-refractivity contribution in [2.45, 2.75) is 0 Å². The van der Waals surface area contributed by atoms with Gasteiger partial charge in [-0.25, -0.2) is 4.39 Å². The standard InChI is InChI=1S/C10H8FNO/c1-3-7-4-9(11)8(6-12)10(5-7)13-2/h3-5H,1H2,2H3. The summed E-state index contributed by atoms with van der Waals surface area (Å²) in [6, 6.07) is 4.54. The van der Waals surface area contributed by atoms with Crippen molar-refractivity contribution in [1.82, 2.24) is 0 Å². The largest absolute Gasteiger partial charge is 0.495 e. The average Bonchev–Trinajstić information content (AvgIpc) is 2.16. The summed E-state index contributed by atoms with van der Waals surface area (Å²) in [5.74, 6) is -0.353. The number of hydrogen-bond donors (Lipinski definition) is 0. The molecule has 0 unspecified atom stereocenters. The zero-order chi connectivity index (χ0) is 9.84. The highest BCUT2D eigenvalue weighted by Gasteiger charge is 2.09. The molecule has 0 saturated carbocycles. The third-order valence-corrected chi connectivity index (χ3v) is 1.64. The molecule has 1 aromatic rings. The van der Waals surface area contributed by atoms with E-state index in [-0.39, 0.29) is 11.3 Å².